The number of ether oxygens (including phenoxy) is 2. The first-order chi connectivity index (χ1) is 13.1. The van der Waals surface area contributed by atoms with Crippen molar-refractivity contribution in [2.75, 3.05) is 19.5 Å². The molecule has 2 aromatic carbocycles. The first-order valence-corrected chi connectivity index (χ1v) is 8.38. The van der Waals surface area contributed by atoms with E-state index in [1.54, 1.807) is 44.7 Å². The Labute approximate surface area is 157 Å². The highest BCUT2D eigenvalue weighted by Crippen LogP contribution is 2.22. The van der Waals surface area contributed by atoms with E-state index in [1.165, 1.54) is 10.6 Å². The third kappa shape index (κ3) is 4.36. The van der Waals surface area contributed by atoms with Crippen LogP contribution in [0.15, 0.2) is 71.7 Å². The number of carbonyl (C=O) groups excluding carboxylic acids is 1. The minimum Gasteiger partial charge on any atom is -0.497 e. The molecule has 0 bridgehead atoms. The summed E-state index contributed by atoms with van der Waals surface area (Å²) < 4.78 is 12.0. The molecule has 0 fully saturated rings. The summed E-state index contributed by atoms with van der Waals surface area (Å²) in [6, 6.07) is 17.6. The fourth-order valence-corrected chi connectivity index (χ4v) is 2.71. The van der Waals surface area contributed by atoms with Gasteiger partial charge in [-0.15, -0.1) is 0 Å². The molecule has 0 radical (unpaired) electrons. The smallest absolute Gasteiger partial charge is 0.263 e. The molecule has 6 nitrogen and oxygen atoms in total. The Hall–Kier alpha value is -3.54. The van der Waals surface area contributed by atoms with Gasteiger partial charge < -0.3 is 19.4 Å². The highest BCUT2D eigenvalue weighted by Gasteiger charge is 2.13. The molecule has 0 atom stereocenters. The van der Waals surface area contributed by atoms with Crippen molar-refractivity contribution < 1.29 is 14.3 Å². The number of benzene rings is 2. The second kappa shape index (κ2) is 8.23. The molecule has 0 aliphatic heterocycles. The van der Waals surface area contributed by atoms with Gasteiger partial charge in [-0.05, 0) is 42.0 Å². The lowest BCUT2D eigenvalue weighted by molar-refractivity contribution is 0.102. The molecule has 138 valence electrons. The zero-order chi connectivity index (χ0) is 19.2. The van der Waals surface area contributed by atoms with E-state index in [0.29, 0.717) is 23.7 Å². The van der Waals surface area contributed by atoms with Gasteiger partial charge in [0.2, 0.25) is 0 Å². The van der Waals surface area contributed by atoms with E-state index in [4.69, 9.17) is 9.47 Å². The summed E-state index contributed by atoms with van der Waals surface area (Å²) in [4.78, 5) is 25.2. The Balaban J connectivity index is 1.87. The van der Waals surface area contributed by atoms with Crippen LogP contribution in [0.2, 0.25) is 0 Å². The first-order valence-electron chi connectivity index (χ1n) is 8.38. The van der Waals surface area contributed by atoms with Crippen molar-refractivity contribution in [1.29, 1.82) is 0 Å². The van der Waals surface area contributed by atoms with Crippen LogP contribution in [0.25, 0.3) is 0 Å². The zero-order valence-corrected chi connectivity index (χ0v) is 15.1. The van der Waals surface area contributed by atoms with Gasteiger partial charge in [0.1, 0.15) is 17.1 Å². The average Bonchev–Trinajstić information content (AvgIpc) is 2.70. The minimum atomic E-state index is -0.441. The molecule has 1 N–H and O–H groups in total. The Kier molecular flexibility index (Phi) is 5.56. The predicted molar refractivity (Wildman–Crippen MR) is 104 cm³/mol. The lowest BCUT2D eigenvalue weighted by atomic mass is 10.2. The normalized spacial score (nSPS) is 10.3. The maximum absolute atomic E-state index is 12.8. The summed E-state index contributed by atoms with van der Waals surface area (Å²) in [5.41, 5.74) is 1.17. The number of hydrogen-bond acceptors (Lipinski definition) is 4. The van der Waals surface area contributed by atoms with Crippen LogP contribution in [0, 0.1) is 0 Å². The summed E-state index contributed by atoms with van der Waals surface area (Å²) in [5.74, 6) is 0.828. The van der Waals surface area contributed by atoms with Crippen LogP contribution in [-0.4, -0.2) is 24.7 Å². The van der Waals surface area contributed by atoms with Crippen molar-refractivity contribution in [3.05, 3.63) is 88.3 Å². The van der Waals surface area contributed by atoms with Gasteiger partial charge in [0.25, 0.3) is 11.5 Å². The number of nitrogens with zero attached hydrogens (tertiary/aromatic N) is 1. The fraction of sp³-hybridized carbons (Fsp3) is 0.143. The Morgan fingerprint density at radius 1 is 0.963 bits per heavy atom. The van der Waals surface area contributed by atoms with Crippen molar-refractivity contribution in [2.24, 2.45) is 0 Å². The van der Waals surface area contributed by atoms with Gasteiger partial charge >= 0.3 is 0 Å². The van der Waals surface area contributed by atoms with E-state index in [2.05, 4.69) is 5.32 Å². The molecule has 0 aliphatic carbocycles. The maximum atomic E-state index is 12.8. The van der Waals surface area contributed by atoms with Crippen LogP contribution < -0.4 is 20.3 Å². The number of nitrogens with one attached hydrogen (secondary N) is 1. The van der Waals surface area contributed by atoms with Gasteiger partial charge in [-0.25, -0.2) is 0 Å². The van der Waals surface area contributed by atoms with Crippen molar-refractivity contribution in [1.82, 2.24) is 4.57 Å². The standard InChI is InChI=1S/C21H20N2O4/c1-26-17-11-15(12-18(13-17)27-2)14-23-10-6-9-19(21(23)25)20(24)22-16-7-4-3-5-8-16/h3-13H,14H2,1-2H3,(H,22,24). The first kappa shape index (κ1) is 18.3. The van der Waals surface area contributed by atoms with Gasteiger partial charge in [0.15, 0.2) is 0 Å². The van der Waals surface area contributed by atoms with E-state index in [9.17, 15) is 9.59 Å². The molecule has 3 aromatic rings. The minimum absolute atomic E-state index is 0.0798. The molecule has 1 amide bonds. The molecule has 0 saturated heterocycles. The van der Waals surface area contributed by atoms with Crippen LogP contribution in [0.4, 0.5) is 5.69 Å². The number of para-hydroxylation sites is 1. The summed E-state index contributed by atoms with van der Waals surface area (Å²) >= 11 is 0. The number of methoxy groups -OCH3 is 2. The van der Waals surface area contributed by atoms with Gasteiger partial charge in [-0.2, -0.15) is 0 Å². The van der Waals surface area contributed by atoms with E-state index in [1.807, 2.05) is 30.3 Å². The third-order valence-corrected chi connectivity index (χ3v) is 4.06. The number of anilines is 1. The lowest BCUT2D eigenvalue weighted by Gasteiger charge is -2.11. The van der Waals surface area contributed by atoms with E-state index >= 15 is 0 Å². The van der Waals surface area contributed by atoms with Gasteiger partial charge in [-0.1, -0.05) is 18.2 Å². The number of pyridine rings is 1. The average molecular weight is 364 g/mol. The highest BCUT2D eigenvalue weighted by atomic mass is 16.5. The number of amides is 1. The van der Waals surface area contributed by atoms with Crippen LogP contribution in [0.3, 0.4) is 0 Å². The van der Waals surface area contributed by atoms with Crippen LogP contribution in [-0.2, 0) is 6.54 Å². The second-order valence-electron chi connectivity index (χ2n) is 5.90. The monoisotopic (exact) mass is 364 g/mol. The summed E-state index contributed by atoms with van der Waals surface area (Å²) in [6.07, 6.45) is 1.65. The Morgan fingerprint density at radius 3 is 2.26 bits per heavy atom. The van der Waals surface area contributed by atoms with E-state index < -0.39 is 5.91 Å². The number of rotatable bonds is 6. The summed E-state index contributed by atoms with van der Waals surface area (Å²) in [6.45, 7) is 0.291. The van der Waals surface area contributed by atoms with E-state index in [0.717, 1.165) is 5.56 Å². The van der Waals surface area contributed by atoms with Crippen LogP contribution in [0.1, 0.15) is 15.9 Å². The highest BCUT2D eigenvalue weighted by molar-refractivity contribution is 6.03. The molecule has 1 aromatic heterocycles. The Bertz CT molecular complexity index is 974. The van der Waals surface area contributed by atoms with Gasteiger partial charge in [0, 0.05) is 18.0 Å². The second-order valence-corrected chi connectivity index (χ2v) is 5.90. The zero-order valence-electron chi connectivity index (χ0n) is 15.1. The van der Waals surface area contributed by atoms with Gasteiger partial charge in [0.05, 0.1) is 20.8 Å². The lowest BCUT2D eigenvalue weighted by Crippen LogP contribution is -2.29. The molecule has 3 rings (SSSR count). The third-order valence-electron chi connectivity index (χ3n) is 4.06. The quantitative estimate of drug-likeness (QED) is 0.729. The molecule has 0 unspecified atom stereocenters. The number of hydrogen-bond donors (Lipinski definition) is 1. The van der Waals surface area contributed by atoms with Gasteiger partial charge in [-0.3, -0.25) is 9.59 Å². The molecule has 27 heavy (non-hydrogen) atoms. The molecular weight excluding hydrogens is 344 g/mol. The molecule has 1 heterocycles. The van der Waals surface area contributed by atoms with Crippen molar-refractivity contribution in [2.45, 2.75) is 6.54 Å². The van der Waals surface area contributed by atoms with Crippen molar-refractivity contribution in [3.8, 4) is 11.5 Å². The summed E-state index contributed by atoms with van der Waals surface area (Å²) in [5, 5.41) is 2.73. The number of carbonyl (C=O) groups is 1. The largest absolute Gasteiger partial charge is 0.497 e. The fourth-order valence-electron chi connectivity index (χ4n) is 2.71. The van der Waals surface area contributed by atoms with Crippen LogP contribution >= 0.6 is 0 Å². The molecule has 6 heteroatoms. The molecule has 0 aliphatic rings. The van der Waals surface area contributed by atoms with Crippen molar-refractivity contribution >= 4 is 11.6 Å². The SMILES string of the molecule is COc1cc(Cn2cccc(C(=O)Nc3ccccc3)c2=O)cc(OC)c1. The summed E-state index contributed by atoms with van der Waals surface area (Å²) in [7, 11) is 3.14. The Morgan fingerprint density at radius 2 is 1.63 bits per heavy atom. The van der Waals surface area contributed by atoms with Crippen molar-refractivity contribution in [3.63, 3.8) is 0 Å². The number of aromatic nitrogens is 1. The molecule has 0 saturated carbocycles. The molecular formula is C21H20N2O4. The topological polar surface area (TPSA) is 69.6 Å². The maximum Gasteiger partial charge on any atom is 0.263 e. The van der Waals surface area contributed by atoms with E-state index in [-0.39, 0.29) is 11.1 Å². The molecule has 0 spiro atoms. The predicted octanol–water partition coefficient (Wildman–Crippen LogP) is 3.17. The van der Waals surface area contributed by atoms with Crippen LogP contribution in [0.5, 0.6) is 11.5 Å².